The van der Waals surface area contributed by atoms with Gasteiger partial charge in [-0.2, -0.15) is 0 Å². The van der Waals surface area contributed by atoms with E-state index in [9.17, 15) is 0 Å². The van der Waals surface area contributed by atoms with Gasteiger partial charge in [0, 0.05) is 18.3 Å². The number of anilines is 1. The maximum atomic E-state index is 4.05. The summed E-state index contributed by atoms with van der Waals surface area (Å²) in [6.45, 7) is 0.989. The summed E-state index contributed by atoms with van der Waals surface area (Å²) in [5, 5.41) is 3.08. The average molecular weight is 106 g/mol. The Morgan fingerprint density at radius 3 is 3.00 bits per heavy atom. The number of pyridine rings is 1. The molecule has 0 fully saturated rings. The molecule has 0 atom stereocenters. The fraction of sp³-hybridized carbons (Fsp3) is 0.167. The second-order valence-electron chi connectivity index (χ2n) is 1.86. The molecule has 0 aliphatic carbocycles. The molecular weight excluding hydrogens is 100 g/mol. The third-order valence-corrected chi connectivity index (χ3v) is 1.34. The second-order valence-corrected chi connectivity index (χ2v) is 1.86. The first-order valence-corrected chi connectivity index (χ1v) is 2.64. The molecule has 0 unspecified atom stereocenters. The Balaban J connectivity index is 2.62. The fourth-order valence-corrected chi connectivity index (χ4v) is 0.813. The van der Waals surface area contributed by atoms with Gasteiger partial charge in [-0.3, -0.25) is 0 Å². The molecular formula is C6H6N2. The van der Waals surface area contributed by atoms with Crippen LogP contribution in [0.3, 0.4) is 0 Å². The van der Waals surface area contributed by atoms with Gasteiger partial charge in [0.05, 0.1) is 0 Å². The molecule has 0 saturated carbocycles. The van der Waals surface area contributed by atoms with Crippen LogP contribution in [-0.4, -0.2) is 4.98 Å². The summed E-state index contributed by atoms with van der Waals surface area (Å²) in [5.41, 5.74) is 1.33. The lowest BCUT2D eigenvalue weighted by molar-refractivity contribution is 0.996. The number of fused-ring (bicyclic) bond motifs is 1. The lowest BCUT2D eigenvalue weighted by atomic mass is 10.2. The number of aromatic nitrogens is 1. The first-order chi connectivity index (χ1) is 3.97. The highest BCUT2D eigenvalue weighted by atomic mass is 15.0. The van der Waals surface area contributed by atoms with Crippen molar-refractivity contribution in [2.45, 2.75) is 6.54 Å². The topological polar surface area (TPSA) is 24.9 Å². The van der Waals surface area contributed by atoms with Crippen molar-refractivity contribution in [1.82, 2.24) is 4.98 Å². The highest BCUT2D eigenvalue weighted by Crippen LogP contribution is 2.20. The van der Waals surface area contributed by atoms with Crippen LogP contribution in [-0.2, 0) is 6.54 Å². The van der Waals surface area contributed by atoms with Crippen molar-refractivity contribution in [3.63, 3.8) is 0 Å². The maximum Gasteiger partial charge on any atom is 0.131 e. The van der Waals surface area contributed by atoms with E-state index in [0.29, 0.717) is 0 Å². The third kappa shape index (κ3) is 0.346. The van der Waals surface area contributed by atoms with Crippen LogP contribution in [0.15, 0.2) is 18.3 Å². The minimum Gasteiger partial charge on any atom is -0.366 e. The van der Waals surface area contributed by atoms with Gasteiger partial charge >= 0.3 is 0 Å². The van der Waals surface area contributed by atoms with E-state index >= 15 is 0 Å². The van der Waals surface area contributed by atoms with Gasteiger partial charge in [-0.15, -0.1) is 0 Å². The normalized spacial score (nSPS) is 13.5. The molecule has 0 spiro atoms. The van der Waals surface area contributed by atoms with Crippen molar-refractivity contribution < 1.29 is 0 Å². The molecule has 8 heavy (non-hydrogen) atoms. The van der Waals surface area contributed by atoms with E-state index in [2.05, 4.69) is 16.4 Å². The van der Waals surface area contributed by atoms with Crippen molar-refractivity contribution in [3.05, 3.63) is 23.9 Å². The molecule has 1 aliphatic rings. The van der Waals surface area contributed by atoms with Crippen LogP contribution in [0.5, 0.6) is 0 Å². The molecule has 0 saturated heterocycles. The lowest BCUT2D eigenvalue weighted by Crippen LogP contribution is -2.14. The zero-order valence-corrected chi connectivity index (χ0v) is 4.39. The SMILES string of the molecule is c1cnc2c(c1)CN2. The van der Waals surface area contributed by atoms with Crippen molar-refractivity contribution in [2.75, 3.05) is 5.32 Å². The van der Waals surface area contributed by atoms with E-state index < -0.39 is 0 Å². The van der Waals surface area contributed by atoms with Crippen LogP contribution in [0.2, 0.25) is 0 Å². The monoisotopic (exact) mass is 106 g/mol. The molecule has 2 rings (SSSR count). The zero-order valence-electron chi connectivity index (χ0n) is 4.39. The molecule has 1 aromatic rings. The minimum absolute atomic E-state index is 0.989. The van der Waals surface area contributed by atoms with Crippen LogP contribution in [0, 0.1) is 0 Å². The van der Waals surface area contributed by atoms with E-state index in [-0.39, 0.29) is 0 Å². The van der Waals surface area contributed by atoms with Crippen LogP contribution in [0.4, 0.5) is 5.82 Å². The van der Waals surface area contributed by atoms with Gasteiger partial charge in [-0.05, 0) is 6.07 Å². The number of hydrogen-bond acceptors (Lipinski definition) is 2. The molecule has 40 valence electrons. The van der Waals surface area contributed by atoms with Crippen molar-refractivity contribution >= 4 is 5.82 Å². The Morgan fingerprint density at radius 2 is 2.62 bits per heavy atom. The maximum absolute atomic E-state index is 4.05. The Hall–Kier alpha value is -1.05. The summed E-state index contributed by atoms with van der Waals surface area (Å²) < 4.78 is 0. The fourth-order valence-electron chi connectivity index (χ4n) is 0.813. The molecule has 1 N–H and O–H groups in total. The lowest BCUT2D eigenvalue weighted by Gasteiger charge is -2.18. The first-order valence-electron chi connectivity index (χ1n) is 2.64. The largest absolute Gasteiger partial charge is 0.366 e. The standard InChI is InChI=1S/C6H6N2/c1-2-5-4-8-6(5)7-3-1/h1-3H,4H2,(H,7,8). The van der Waals surface area contributed by atoms with Gasteiger partial charge in [-0.1, -0.05) is 6.07 Å². The Bertz CT molecular complexity index is 184. The predicted octanol–water partition coefficient (Wildman–Crippen LogP) is 1.01. The quantitative estimate of drug-likeness (QED) is 0.533. The van der Waals surface area contributed by atoms with Crippen molar-refractivity contribution in [2.24, 2.45) is 0 Å². The number of nitrogens with zero attached hydrogens (tertiary/aromatic N) is 1. The smallest absolute Gasteiger partial charge is 0.131 e. The molecule has 0 radical (unpaired) electrons. The average Bonchev–Trinajstić information content (AvgIpc) is 1.72. The summed E-state index contributed by atoms with van der Waals surface area (Å²) >= 11 is 0. The van der Waals surface area contributed by atoms with Gasteiger partial charge in [-0.25, -0.2) is 4.98 Å². The van der Waals surface area contributed by atoms with Crippen LogP contribution >= 0.6 is 0 Å². The zero-order chi connectivity index (χ0) is 5.40. The summed E-state index contributed by atoms with van der Waals surface area (Å²) in [5.74, 6) is 1.05. The van der Waals surface area contributed by atoms with Gasteiger partial charge in [0.25, 0.3) is 0 Å². The van der Waals surface area contributed by atoms with E-state index in [1.807, 2.05) is 6.07 Å². The van der Waals surface area contributed by atoms with Crippen molar-refractivity contribution in [3.8, 4) is 0 Å². The van der Waals surface area contributed by atoms with Crippen LogP contribution < -0.4 is 5.32 Å². The minimum atomic E-state index is 0.989. The van der Waals surface area contributed by atoms with Gasteiger partial charge in [0.1, 0.15) is 5.82 Å². The summed E-state index contributed by atoms with van der Waals surface area (Å²) in [6.07, 6.45) is 1.80. The highest BCUT2D eigenvalue weighted by molar-refractivity contribution is 5.52. The molecule has 2 heterocycles. The number of rotatable bonds is 0. The van der Waals surface area contributed by atoms with E-state index in [4.69, 9.17) is 0 Å². The molecule has 1 aliphatic heterocycles. The van der Waals surface area contributed by atoms with E-state index in [1.54, 1.807) is 6.20 Å². The molecule has 2 heteroatoms. The van der Waals surface area contributed by atoms with E-state index in [0.717, 1.165) is 12.4 Å². The van der Waals surface area contributed by atoms with Crippen LogP contribution in [0.1, 0.15) is 5.56 Å². The summed E-state index contributed by atoms with van der Waals surface area (Å²) in [4.78, 5) is 4.05. The summed E-state index contributed by atoms with van der Waals surface area (Å²) in [7, 11) is 0. The van der Waals surface area contributed by atoms with Crippen molar-refractivity contribution in [1.29, 1.82) is 0 Å². The number of hydrogen-bond donors (Lipinski definition) is 1. The second kappa shape index (κ2) is 1.22. The molecule has 0 bridgehead atoms. The predicted molar refractivity (Wildman–Crippen MR) is 31.6 cm³/mol. The highest BCUT2D eigenvalue weighted by Gasteiger charge is 2.09. The molecule has 0 amide bonds. The summed E-state index contributed by atoms with van der Waals surface area (Å²) in [6, 6.07) is 4.04. The van der Waals surface area contributed by atoms with Crippen LogP contribution in [0.25, 0.3) is 0 Å². The molecule has 1 aromatic heterocycles. The van der Waals surface area contributed by atoms with Gasteiger partial charge in [0.2, 0.25) is 0 Å². The van der Waals surface area contributed by atoms with Gasteiger partial charge in [0.15, 0.2) is 0 Å². The van der Waals surface area contributed by atoms with E-state index in [1.165, 1.54) is 5.56 Å². The Labute approximate surface area is 47.6 Å². The van der Waals surface area contributed by atoms with Gasteiger partial charge < -0.3 is 5.32 Å². The molecule has 2 nitrogen and oxygen atoms in total. The third-order valence-electron chi connectivity index (χ3n) is 1.34. The molecule has 0 aromatic carbocycles. The Morgan fingerprint density at radius 1 is 1.62 bits per heavy atom. The first kappa shape index (κ1) is 3.89. The Kier molecular flexibility index (Phi) is 0.592. The number of nitrogens with one attached hydrogen (secondary N) is 1.